The van der Waals surface area contributed by atoms with Crippen LogP contribution in [0.2, 0.25) is 0 Å². The summed E-state index contributed by atoms with van der Waals surface area (Å²) in [7, 11) is 0. The van der Waals surface area contributed by atoms with Gasteiger partial charge in [0.25, 0.3) is 0 Å². The second kappa shape index (κ2) is 3.09. The van der Waals surface area contributed by atoms with Gasteiger partial charge >= 0.3 is 0 Å². The van der Waals surface area contributed by atoms with Crippen LogP contribution in [-0.2, 0) is 4.79 Å². The number of para-hydroxylation sites is 1. The molecule has 0 saturated carbocycles. The zero-order chi connectivity index (χ0) is 9.26. The standard InChI is InChI=1S/C10H11NO2/c1-7-9(12)11-10(7)13-8-5-3-2-4-6-8/h2-7,10H,1H3,(H,11,12). The average Bonchev–Trinajstić information content (AvgIpc) is 2.19. The molecule has 1 aromatic carbocycles. The summed E-state index contributed by atoms with van der Waals surface area (Å²) in [6.45, 7) is 1.85. The van der Waals surface area contributed by atoms with Gasteiger partial charge in [-0.2, -0.15) is 0 Å². The smallest absolute Gasteiger partial charge is 0.231 e. The van der Waals surface area contributed by atoms with E-state index in [1.165, 1.54) is 0 Å². The molecule has 3 heteroatoms. The Hall–Kier alpha value is -1.51. The first-order chi connectivity index (χ1) is 6.27. The molecule has 68 valence electrons. The molecular weight excluding hydrogens is 166 g/mol. The number of hydrogen-bond acceptors (Lipinski definition) is 2. The Morgan fingerprint density at radius 1 is 1.31 bits per heavy atom. The quantitative estimate of drug-likeness (QED) is 0.688. The monoisotopic (exact) mass is 177 g/mol. The third-order valence-electron chi connectivity index (χ3n) is 2.16. The van der Waals surface area contributed by atoms with Crippen LogP contribution < -0.4 is 10.1 Å². The van der Waals surface area contributed by atoms with Crippen molar-refractivity contribution in [3.8, 4) is 5.75 Å². The highest BCUT2D eigenvalue weighted by Gasteiger charge is 2.36. The summed E-state index contributed by atoms with van der Waals surface area (Å²) >= 11 is 0. The Labute approximate surface area is 76.7 Å². The number of amides is 1. The van der Waals surface area contributed by atoms with E-state index in [9.17, 15) is 4.79 Å². The molecule has 1 aromatic rings. The van der Waals surface area contributed by atoms with E-state index in [4.69, 9.17) is 4.74 Å². The van der Waals surface area contributed by atoms with E-state index in [2.05, 4.69) is 5.32 Å². The highest BCUT2D eigenvalue weighted by atomic mass is 16.5. The Kier molecular flexibility index (Phi) is 1.93. The van der Waals surface area contributed by atoms with Crippen LogP contribution in [0.3, 0.4) is 0 Å². The normalized spacial score (nSPS) is 26.1. The van der Waals surface area contributed by atoms with Crippen molar-refractivity contribution >= 4 is 5.91 Å². The fraction of sp³-hybridized carbons (Fsp3) is 0.300. The largest absolute Gasteiger partial charge is 0.470 e. The minimum Gasteiger partial charge on any atom is -0.470 e. The second-order valence-corrected chi connectivity index (χ2v) is 3.15. The number of benzene rings is 1. The van der Waals surface area contributed by atoms with Crippen molar-refractivity contribution in [2.24, 2.45) is 5.92 Å². The zero-order valence-electron chi connectivity index (χ0n) is 7.36. The molecule has 1 heterocycles. The van der Waals surface area contributed by atoms with Crippen molar-refractivity contribution in [3.63, 3.8) is 0 Å². The topological polar surface area (TPSA) is 38.3 Å². The minimum atomic E-state index is -0.158. The lowest BCUT2D eigenvalue weighted by Crippen LogP contribution is -2.59. The van der Waals surface area contributed by atoms with Crippen molar-refractivity contribution in [1.29, 1.82) is 0 Å². The van der Waals surface area contributed by atoms with Crippen LogP contribution >= 0.6 is 0 Å². The third-order valence-corrected chi connectivity index (χ3v) is 2.16. The van der Waals surface area contributed by atoms with Crippen molar-refractivity contribution in [1.82, 2.24) is 5.32 Å². The van der Waals surface area contributed by atoms with E-state index in [0.29, 0.717) is 0 Å². The minimum absolute atomic E-state index is 0.0415. The zero-order valence-corrected chi connectivity index (χ0v) is 7.36. The van der Waals surface area contributed by atoms with Gasteiger partial charge in [-0.05, 0) is 19.1 Å². The molecule has 2 atom stereocenters. The van der Waals surface area contributed by atoms with E-state index >= 15 is 0 Å². The Morgan fingerprint density at radius 2 is 2.00 bits per heavy atom. The lowest BCUT2D eigenvalue weighted by Gasteiger charge is -2.33. The number of nitrogens with one attached hydrogen (secondary N) is 1. The summed E-state index contributed by atoms with van der Waals surface area (Å²) in [5.74, 6) is 0.806. The molecule has 0 bridgehead atoms. The predicted molar refractivity (Wildman–Crippen MR) is 48.2 cm³/mol. The number of β-lactam (4-membered cyclic amide) rings is 1. The molecule has 3 nitrogen and oxygen atoms in total. The maximum absolute atomic E-state index is 10.8. The fourth-order valence-corrected chi connectivity index (χ4v) is 1.22. The number of rotatable bonds is 2. The lowest BCUT2D eigenvalue weighted by molar-refractivity contribution is -0.142. The van der Waals surface area contributed by atoms with Crippen LogP contribution in [0, 0.1) is 5.92 Å². The molecule has 1 amide bonds. The summed E-state index contributed by atoms with van der Waals surface area (Å²) in [5, 5.41) is 2.68. The van der Waals surface area contributed by atoms with Crippen LogP contribution in [0.1, 0.15) is 6.92 Å². The summed E-state index contributed by atoms with van der Waals surface area (Å²) in [4.78, 5) is 10.8. The molecule has 1 saturated heterocycles. The Balaban J connectivity index is 1.97. The summed E-state index contributed by atoms with van der Waals surface area (Å²) in [6, 6.07) is 9.48. The van der Waals surface area contributed by atoms with Gasteiger partial charge in [0.2, 0.25) is 5.91 Å². The van der Waals surface area contributed by atoms with Gasteiger partial charge in [-0.15, -0.1) is 0 Å². The van der Waals surface area contributed by atoms with Crippen LogP contribution in [0.5, 0.6) is 5.75 Å². The van der Waals surface area contributed by atoms with Gasteiger partial charge in [-0.3, -0.25) is 4.79 Å². The van der Waals surface area contributed by atoms with E-state index in [-0.39, 0.29) is 18.1 Å². The SMILES string of the molecule is CC1C(=O)NC1Oc1ccccc1. The van der Waals surface area contributed by atoms with Gasteiger partial charge < -0.3 is 10.1 Å². The van der Waals surface area contributed by atoms with Gasteiger partial charge in [0.05, 0.1) is 5.92 Å². The molecule has 1 N–H and O–H groups in total. The molecule has 0 aliphatic carbocycles. The molecule has 2 unspecified atom stereocenters. The highest BCUT2D eigenvalue weighted by molar-refractivity contribution is 5.84. The van der Waals surface area contributed by atoms with Gasteiger partial charge in [0.1, 0.15) is 5.75 Å². The van der Waals surface area contributed by atoms with Gasteiger partial charge in [-0.25, -0.2) is 0 Å². The molecule has 1 aliphatic heterocycles. The van der Waals surface area contributed by atoms with Gasteiger partial charge in [0.15, 0.2) is 6.23 Å². The van der Waals surface area contributed by atoms with Gasteiger partial charge in [0, 0.05) is 0 Å². The van der Waals surface area contributed by atoms with Crippen molar-refractivity contribution < 1.29 is 9.53 Å². The third kappa shape index (κ3) is 1.49. The molecule has 1 aliphatic rings. The summed E-state index contributed by atoms with van der Waals surface area (Å²) in [5.41, 5.74) is 0. The number of ether oxygens (including phenoxy) is 1. The molecule has 2 rings (SSSR count). The van der Waals surface area contributed by atoms with Crippen LogP contribution in [0.25, 0.3) is 0 Å². The van der Waals surface area contributed by atoms with Crippen LogP contribution in [-0.4, -0.2) is 12.1 Å². The van der Waals surface area contributed by atoms with Crippen molar-refractivity contribution in [2.45, 2.75) is 13.2 Å². The highest BCUT2D eigenvalue weighted by Crippen LogP contribution is 2.19. The first-order valence-electron chi connectivity index (χ1n) is 4.29. The van der Waals surface area contributed by atoms with Crippen LogP contribution in [0.15, 0.2) is 30.3 Å². The predicted octanol–water partition coefficient (Wildman–Crippen LogP) is 1.16. The van der Waals surface area contributed by atoms with E-state index in [1.807, 2.05) is 37.3 Å². The molecule has 0 radical (unpaired) electrons. The van der Waals surface area contributed by atoms with E-state index in [1.54, 1.807) is 0 Å². The Bertz CT molecular complexity index is 310. The molecule has 1 fully saturated rings. The second-order valence-electron chi connectivity index (χ2n) is 3.15. The van der Waals surface area contributed by atoms with E-state index < -0.39 is 0 Å². The lowest BCUT2D eigenvalue weighted by atomic mass is 10.0. The van der Waals surface area contributed by atoms with E-state index in [0.717, 1.165) is 5.75 Å². The molecule has 0 spiro atoms. The van der Waals surface area contributed by atoms with Crippen molar-refractivity contribution in [3.05, 3.63) is 30.3 Å². The maximum atomic E-state index is 10.8. The molecular formula is C10H11NO2. The first kappa shape index (κ1) is 8.10. The maximum Gasteiger partial charge on any atom is 0.231 e. The number of hydrogen-bond donors (Lipinski definition) is 1. The first-order valence-corrected chi connectivity index (χ1v) is 4.29. The van der Waals surface area contributed by atoms with Crippen molar-refractivity contribution in [2.75, 3.05) is 0 Å². The average molecular weight is 177 g/mol. The summed E-state index contributed by atoms with van der Waals surface area (Å²) in [6.07, 6.45) is -0.158. The number of carbonyl (C=O) groups excluding carboxylic acids is 1. The summed E-state index contributed by atoms with van der Waals surface area (Å²) < 4.78 is 5.50. The fourth-order valence-electron chi connectivity index (χ4n) is 1.22. The number of carbonyl (C=O) groups is 1. The van der Waals surface area contributed by atoms with Gasteiger partial charge in [-0.1, -0.05) is 18.2 Å². The molecule has 0 aromatic heterocycles. The van der Waals surface area contributed by atoms with Crippen LogP contribution in [0.4, 0.5) is 0 Å². The molecule has 13 heavy (non-hydrogen) atoms. The Morgan fingerprint density at radius 3 is 2.54 bits per heavy atom.